The van der Waals surface area contributed by atoms with Gasteiger partial charge in [-0.05, 0) is 36.6 Å². The van der Waals surface area contributed by atoms with E-state index in [9.17, 15) is 14.7 Å². The van der Waals surface area contributed by atoms with Crippen molar-refractivity contribution in [3.63, 3.8) is 0 Å². The molecule has 0 spiro atoms. The fourth-order valence-electron chi connectivity index (χ4n) is 3.54. The van der Waals surface area contributed by atoms with Gasteiger partial charge in [0.25, 0.3) is 0 Å². The van der Waals surface area contributed by atoms with Crippen LogP contribution in [0, 0.1) is 0 Å². The van der Waals surface area contributed by atoms with Crippen molar-refractivity contribution in [3.05, 3.63) is 34.0 Å². The van der Waals surface area contributed by atoms with Crippen LogP contribution in [0.4, 0.5) is 0 Å². The van der Waals surface area contributed by atoms with Crippen LogP contribution in [0.15, 0.2) is 17.2 Å². The minimum atomic E-state index is -1.01. The fraction of sp³-hybridized carbons (Fsp3) is 0.500. The van der Waals surface area contributed by atoms with Crippen LogP contribution in [0.25, 0.3) is 0 Å². The first kappa shape index (κ1) is 24.3. The second-order valence-electron chi connectivity index (χ2n) is 7.54. The van der Waals surface area contributed by atoms with Gasteiger partial charge in [-0.25, -0.2) is 4.79 Å². The molecule has 0 atom stereocenters. The normalized spacial score (nSPS) is 12.3. The van der Waals surface area contributed by atoms with Gasteiger partial charge < -0.3 is 19.7 Å². The van der Waals surface area contributed by atoms with Gasteiger partial charge in [0.1, 0.15) is 10.6 Å². The Labute approximate surface area is 195 Å². The van der Waals surface area contributed by atoms with Crippen LogP contribution in [0.3, 0.4) is 0 Å². The number of aromatic carboxylic acids is 1. The maximum atomic E-state index is 12.2. The highest BCUT2D eigenvalue weighted by Crippen LogP contribution is 2.38. The van der Waals surface area contributed by atoms with Crippen molar-refractivity contribution in [2.24, 2.45) is 0 Å². The Balaban J connectivity index is 1.75. The smallest absolute Gasteiger partial charge is 0.340 e. The average Bonchev–Trinajstić information content (AvgIpc) is 3.32. The predicted octanol–water partition coefficient (Wildman–Crippen LogP) is 5.09. The fourth-order valence-corrected chi connectivity index (χ4v) is 4.81. The lowest BCUT2D eigenvalue weighted by Crippen LogP contribution is -2.09. The van der Waals surface area contributed by atoms with Gasteiger partial charge in [-0.3, -0.25) is 9.48 Å². The van der Waals surface area contributed by atoms with Crippen molar-refractivity contribution in [1.29, 1.82) is 0 Å². The van der Waals surface area contributed by atoms with Gasteiger partial charge in [-0.2, -0.15) is 5.10 Å². The number of fused-ring (bicyclic) bond motifs is 1. The number of carbonyl (C=O) groups is 2. The molecule has 0 fully saturated rings. The largest absolute Gasteiger partial charge is 0.481 e. The summed E-state index contributed by atoms with van der Waals surface area (Å²) in [5.74, 6) is 0.116. The summed E-state index contributed by atoms with van der Waals surface area (Å²) in [4.78, 5) is 22.7. The van der Waals surface area contributed by atoms with E-state index in [-0.39, 0.29) is 18.8 Å². The zero-order valence-corrected chi connectivity index (χ0v) is 19.5. The average molecular weight is 483 g/mol. The number of rotatable bonds is 13. The topological polar surface area (TPSA) is 111 Å². The third-order valence-electron chi connectivity index (χ3n) is 5.10. The van der Waals surface area contributed by atoms with E-state index in [1.54, 1.807) is 16.8 Å². The number of thioether (sulfide) groups is 1. The molecule has 0 amide bonds. The summed E-state index contributed by atoms with van der Waals surface area (Å²) in [6.45, 7) is 2.76. The lowest BCUT2D eigenvalue weighted by atomic mass is 10.1. The molecule has 174 valence electrons. The standard InChI is InChI=1S/C22H27ClN2O6S/c1-2-8-25-16(10-14-11-17-18(12-15(14)23)31-13-30-17)20(22(28)29)21(24-25)32-9-6-4-3-5-7-19(26)27/h11-12H,2-10,13H2,1H3,(H,26,27)(H,28,29). The van der Waals surface area contributed by atoms with Gasteiger partial charge in [0, 0.05) is 30.5 Å². The number of aryl methyl sites for hydroxylation is 1. The minimum Gasteiger partial charge on any atom is -0.481 e. The van der Waals surface area contributed by atoms with Crippen LogP contribution in [0.5, 0.6) is 11.5 Å². The summed E-state index contributed by atoms with van der Waals surface area (Å²) in [6.07, 6.45) is 4.59. The molecule has 0 aliphatic carbocycles. The Bertz CT molecular complexity index is 978. The van der Waals surface area contributed by atoms with Crippen LogP contribution in [0.1, 0.15) is 67.1 Å². The van der Waals surface area contributed by atoms with E-state index in [4.69, 9.17) is 26.2 Å². The first-order valence-electron chi connectivity index (χ1n) is 10.7. The van der Waals surface area contributed by atoms with Gasteiger partial charge in [-0.1, -0.05) is 31.4 Å². The molecule has 8 nitrogen and oxygen atoms in total. The van der Waals surface area contributed by atoms with E-state index in [0.717, 1.165) is 37.0 Å². The van der Waals surface area contributed by atoms with Gasteiger partial charge in [0.05, 0.1) is 5.69 Å². The van der Waals surface area contributed by atoms with Crippen molar-refractivity contribution < 1.29 is 29.3 Å². The van der Waals surface area contributed by atoms with Crippen LogP contribution in [-0.4, -0.2) is 44.5 Å². The Hall–Kier alpha value is -2.39. The number of ether oxygens (including phenoxy) is 2. The number of unbranched alkanes of at least 4 members (excludes halogenated alkanes) is 3. The SMILES string of the molecule is CCCn1nc(SCCCCCCC(=O)O)c(C(=O)O)c1Cc1cc2c(cc1Cl)OCO2. The van der Waals surface area contributed by atoms with E-state index >= 15 is 0 Å². The van der Waals surface area contributed by atoms with E-state index in [2.05, 4.69) is 5.10 Å². The minimum absolute atomic E-state index is 0.139. The molecule has 0 unspecified atom stereocenters. The number of hydrogen-bond acceptors (Lipinski definition) is 6. The Morgan fingerprint density at radius 1 is 1.16 bits per heavy atom. The molecular formula is C22H27ClN2O6S. The number of nitrogens with zero attached hydrogens (tertiary/aromatic N) is 2. The molecule has 32 heavy (non-hydrogen) atoms. The lowest BCUT2D eigenvalue weighted by Gasteiger charge is -2.10. The number of hydrogen-bond donors (Lipinski definition) is 2. The Morgan fingerprint density at radius 3 is 2.56 bits per heavy atom. The summed E-state index contributed by atoms with van der Waals surface area (Å²) in [5.41, 5.74) is 1.58. The van der Waals surface area contributed by atoms with Crippen LogP contribution >= 0.6 is 23.4 Å². The van der Waals surface area contributed by atoms with Crippen molar-refractivity contribution in [1.82, 2.24) is 9.78 Å². The molecular weight excluding hydrogens is 456 g/mol. The third kappa shape index (κ3) is 6.10. The number of benzene rings is 1. The van der Waals surface area contributed by atoms with E-state index in [0.29, 0.717) is 46.6 Å². The maximum Gasteiger partial charge on any atom is 0.340 e. The van der Waals surface area contributed by atoms with Gasteiger partial charge >= 0.3 is 11.9 Å². The molecule has 3 rings (SSSR count). The third-order valence-corrected chi connectivity index (χ3v) is 6.50. The quantitative estimate of drug-likeness (QED) is 0.300. The van der Waals surface area contributed by atoms with Crippen LogP contribution < -0.4 is 9.47 Å². The molecule has 10 heteroatoms. The van der Waals surface area contributed by atoms with Gasteiger partial charge in [-0.15, -0.1) is 11.8 Å². The Kier molecular flexibility index (Phi) is 8.69. The van der Waals surface area contributed by atoms with Crippen molar-refractivity contribution >= 4 is 35.3 Å². The monoisotopic (exact) mass is 482 g/mol. The highest BCUT2D eigenvalue weighted by molar-refractivity contribution is 7.99. The molecule has 2 N–H and O–H groups in total. The van der Waals surface area contributed by atoms with E-state index in [1.807, 2.05) is 6.92 Å². The van der Waals surface area contributed by atoms with Crippen molar-refractivity contribution in [2.75, 3.05) is 12.5 Å². The van der Waals surface area contributed by atoms with E-state index < -0.39 is 11.9 Å². The van der Waals surface area contributed by atoms with Crippen LogP contribution in [0.2, 0.25) is 5.02 Å². The first-order chi connectivity index (χ1) is 15.4. The lowest BCUT2D eigenvalue weighted by molar-refractivity contribution is -0.137. The summed E-state index contributed by atoms with van der Waals surface area (Å²) in [6, 6.07) is 3.49. The molecule has 1 aliphatic heterocycles. The second kappa shape index (κ2) is 11.5. The number of aliphatic carboxylic acids is 1. The first-order valence-corrected chi connectivity index (χ1v) is 12.0. The highest BCUT2D eigenvalue weighted by atomic mass is 35.5. The summed E-state index contributed by atoms with van der Waals surface area (Å²) in [5, 5.41) is 24.2. The number of carboxylic acids is 2. The molecule has 2 aromatic rings. The van der Waals surface area contributed by atoms with Gasteiger partial charge in [0.2, 0.25) is 6.79 Å². The maximum absolute atomic E-state index is 12.2. The molecule has 1 aromatic heterocycles. The number of halogens is 1. The van der Waals surface area contributed by atoms with Crippen molar-refractivity contribution in [3.8, 4) is 11.5 Å². The summed E-state index contributed by atoms with van der Waals surface area (Å²) >= 11 is 7.86. The molecule has 1 aliphatic rings. The zero-order chi connectivity index (χ0) is 23.1. The zero-order valence-electron chi connectivity index (χ0n) is 17.9. The molecule has 1 aromatic carbocycles. The van der Waals surface area contributed by atoms with Gasteiger partial charge in [0.15, 0.2) is 11.5 Å². The molecule has 0 bridgehead atoms. The summed E-state index contributed by atoms with van der Waals surface area (Å²) in [7, 11) is 0. The van der Waals surface area contributed by atoms with Crippen LogP contribution in [-0.2, 0) is 17.8 Å². The number of carboxylic acid groups (broad SMARTS) is 2. The second-order valence-corrected chi connectivity index (χ2v) is 9.03. The summed E-state index contributed by atoms with van der Waals surface area (Å²) < 4.78 is 12.6. The highest BCUT2D eigenvalue weighted by Gasteiger charge is 2.25. The molecule has 0 saturated carbocycles. The molecule has 0 saturated heterocycles. The Morgan fingerprint density at radius 2 is 1.88 bits per heavy atom. The molecule has 0 radical (unpaired) electrons. The molecule has 2 heterocycles. The number of aromatic nitrogens is 2. The van der Waals surface area contributed by atoms with Crippen molar-refractivity contribution in [2.45, 2.75) is 63.4 Å². The predicted molar refractivity (Wildman–Crippen MR) is 121 cm³/mol. The van der Waals surface area contributed by atoms with E-state index in [1.165, 1.54) is 11.8 Å².